The lowest BCUT2D eigenvalue weighted by Gasteiger charge is -2.31. The average Bonchev–Trinajstić information content (AvgIpc) is 2.26. The Morgan fingerprint density at radius 1 is 1.41 bits per heavy atom. The van der Waals surface area contributed by atoms with Crippen molar-refractivity contribution in [2.75, 3.05) is 19.3 Å². The molecule has 17 heavy (non-hydrogen) atoms. The van der Waals surface area contributed by atoms with Crippen molar-refractivity contribution in [1.29, 1.82) is 0 Å². The molecule has 0 spiro atoms. The molecular weight excluding hydrogens is 238 g/mol. The molecule has 0 aromatic carbocycles. The number of aliphatic hydroxyl groups is 1. The van der Waals surface area contributed by atoms with Gasteiger partial charge in [-0.3, -0.25) is 0 Å². The highest BCUT2D eigenvalue weighted by Gasteiger charge is 2.25. The number of hydrogen-bond donors (Lipinski definition) is 1. The smallest absolute Gasteiger partial charge is 0.211 e. The van der Waals surface area contributed by atoms with Gasteiger partial charge in [-0.15, -0.1) is 0 Å². The lowest BCUT2D eigenvalue weighted by Crippen LogP contribution is -2.39. The van der Waals surface area contributed by atoms with Crippen molar-refractivity contribution in [3.63, 3.8) is 0 Å². The summed E-state index contributed by atoms with van der Waals surface area (Å²) in [4.78, 5) is 0. The van der Waals surface area contributed by atoms with E-state index in [0.29, 0.717) is 19.0 Å². The van der Waals surface area contributed by atoms with Gasteiger partial charge in [-0.2, -0.15) is 0 Å². The largest absolute Gasteiger partial charge is 0.393 e. The third kappa shape index (κ3) is 5.36. The molecule has 1 fully saturated rings. The van der Waals surface area contributed by atoms with E-state index < -0.39 is 10.0 Å². The van der Waals surface area contributed by atoms with Crippen LogP contribution in [0.25, 0.3) is 0 Å². The monoisotopic (exact) mass is 263 g/mol. The van der Waals surface area contributed by atoms with Crippen LogP contribution in [0.15, 0.2) is 0 Å². The van der Waals surface area contributed by atoms with Crippen molar-refractivity contribution in [2.24, 2.45) is 5.92 Å². The SMILES string of the molecule is CCCC(O)CCC1CCCN(S(C)(=O)=O)C1. The quantitative estimate of drug-likeness (QED) is 0.792. The maximum absolute atomic E-state index is 11.4. The van der Waals surface area contributed by atoms with Gasteiger partial charge in [0.2, 0.25) is 10.0 Å². The van der Waals surface area contributed by atoms with E-state index >= 15 is 0 Å². The number of aliphatic hydroxyl groups excluding tert-OH is 1. The molecule has 4 nitrogen and oxygen atoms in total. The van der Waals surface area contributed by atoms with Crippen molar-refractivity contribution in [3.8, 4) is 0 Å². The van der Waals surface area contributed by atoms with Gasteiger partial charge in [0.15, 0.2) is 0 Å². The molecule has 0 saturated carbocycles. The van der Waals surface area contributed by atoms with Gasteiger partial charge in [-0.1, -0.05) is 13.3 Å². The molecule has 1 heterocycles. The molecule has 0 radical (unpaired) electrons. The first-order valence-electron chi connectivity index (χ1n) is 6.56. The maximum Gasteiger partial charge on any atom is 0.211 e. The molecule has 5 heteroatoms. The van der Waals surface area contributed by atoms with Crippen LogP contribution >= 0.6 is 0 Å². The molecule has 0 aromatic rings. The lowest BCUT2D eigenvalue weighted by atomic mass is 9.92. The summed E-state index contributed by atoms with van der Waals surface area (Å²) in [7, 11) is -3.04. The Morgan fingerprint density at radius 3 is 2.71 bits per heavy atom. The van der Waals surface area contributed by atoms with Crippen LogP contribution < -0.4 is 0 Å². The molecule has 2 unspecified atom stereocenters. The average molecular weight is 263 g/mol. The van der Waals surface area contributed by atoms with E-state index in [9.17, 15) is 13.5 Å². The van der Waals surface area contributed by atoms with Gasteiger partial charge >= 0.3 is 0 Å². The van der Waals surface area contributed by atoms with E-state index in [1.165, 1.54) is 6.26 Å². The highest BCUT2D eigenvalue weighted by Crippen LogP contribution is 2.23. The fraction of sp³-hybridized carbons (Fsp3) is 1.00. The summed E-state index contributed by atoms with van der Waals surface area (Å²) >= 11 is 0. The Bertz CT molecular complexity index is 316. The second-order valence-corrected chi connectivity index (χ2v) is 7.13. The minimum atomic E-state index is -3.04. The molecule has 0 bridgehead atoms. The summed E-state index contributed by atoms with van der Waals surface area (Å²) in [5, 5.41) is 9.67. The number of hydrogen-bond acceptors (Lipinski definition) is 3. The van der Waals surface area contributed by atoms with Crippen LogP contribution in [0.1, 0.15) is 45.4 Å². The van der Waals surface area contributed by atoms with Crippen LogP contribution in [0.2, 0.25) is 0 Å². The van der Waals surface area contributed by atoms with Crippen molar-refractivity contribution in [1.82, 2.24) is 4.31 Å². The Balaban J connectivity index is 2.35. The zero-order valence-electron chi connectivity index (χ0n) is 10.9. The van der Waals surface area contributed by atoms with Crippen molar-refractivity contribution in [2.45, 2.75) is 51.6 Å². The first-order valence-corrected chi connectivity index (χ1v) is 8.41. The third-order valence-electron chi connectivity index (χ3n) is 3.48. The molecular formula is C12H25NO3S. The van der Waals surface area contributed by atoms with Crippen molar-refractivity contribution >= 4 is 10.0 Å². The molecule has 1 aliphatic heterocycles. The summed E-state index contributed by atoms with van der Waals surface area (Å²) in [5.74, 6) is 0.421. The van der Waals surface area contributed by atoms with Crippen LogP contribution in [-0.2, 0) is 10.0 Å². The highest BCUT2D eigenvalue weighted by atomic mass is 32.2. The lowest BCUT2D eigenvalue weighted by molar-refractivity contribution is 0.136. The summed E-state index contributed by atoms with van der Waals surface area (Å²) in [6.07, 6.45) is 6.69. The standard InChI is InChI=1S/C12H25NO3S/c1-3-5-12(14)8-7-11-6-4-9-13(10-11)17(2,15)16/h11-12,14H,3-10H2,1-2H3. The van der Waals surface area contributed by atoms with E-state index in [2.05, 4.69) is 6.92 Å². The molecule has 1 aliphatic rings. The minimum absolute atomic E-state index is 0.214. The zero-order chi connectivity index (χ0) is 12.9. The van der Waals surface area contributed by atoms with Gasteiger partial charge in [0.25, 0.3) is 0 Å². The summed E-state index contributed by atoms with van der Waals surface area (Å²) < 4.78 is 24.5. The van der Waals surface area contributed by atoms with Gasteiger partial charge in [-0.25, -0.2) is 12.7 Å². The molecule has 1 saturated heterocycles. The first-order chi connectivity index (χ1) is 7.93. The number of nitrogens with zero attached hydrogens (tertiary/aromatic N) is 1. The predicted molar refractivity (Wildman–Crippen MR) is 69.3 cm³/mol. The van der Waals surface area contributed by atoms with E-state index in [0.717, 1.165) is 38.5 Å². The van der Waals surface area contributed by atoms with Crippen LogP contribution in [0.4, 0.5) is 0 Å². The number of rotatable bonds is 6. The van der Waals surface area contributed by atoms with Crippen LogP contribution in [0.5, 0.6) is 0 Å². The second-order valence-electron chi connectivity index (χ2n) is 5.15. The van der Waals surface area contributed by atoms with E-state index in [1.54, 1.807) is 4.31 Å². The van der Waals surface area contributed by atoms with Crippen LogP contribution in [-0.4, -0.2) is 43.3 Å². The molecule has 0 aliphatic carbocycles. The van der Waals surface area contributed by atoms with Gasteiger partial charge < -0.3 is 5.11 Å². The van der Waals surface area contributed by atoms with E-state index in [1.807, 2.05) is 0 Å². The Morgan fingerprint density at radius 2 is 2.12 bits per heavy atom. The van der Waals surface area contributed by atoms with Crippen molar-refractivity contribution < 1.29 is 13.5 Å². The maximum atomic E-state index is 11.4. The Kier molecular flexibility index (Phi) is 5.89. The summed E-state index contributed by atoms with van der Waals surface area (Å²) in [6, 6.07) is 0. The van der Waals surface area contributed by atoms with Gasteiger partial charge in [0, 0.05) is 13.1 Å². The third-order valence-corrected chi connectivity index (χ3v) is 4.75. The Labute approximate surface area is 105 Å². The molecule has 102 valence electrons. The number of sulfonamides is 1. The Hall–Kier alpha value is -0.130. The molecule has 1 N–H and O–H groups in total. The summed E-state index contributed by atoms with van der Waals surface area (Å²) in [6.45, 7) is 3.36. The van der Waals surface area contributed by atoms with E-state index in [-0.39, 0.29) is 6.10 Å². The minimum Gasteiger partial charge on any atom is -0.393 e. The van der Waals surface area contributed by atoms with Crippen LogP contribution in [0.3, 0.4) is 0 Å². The zero-order valence-corrected chi connectivity index (χ0v) is 11.7. The van der Waals surface area contributed by atoms with Gasteiger partial charge in [-0.05, 0) is 38.0 Å². The highest BCUT2D eigenvalue weighted by molar-refractivity contribution is 7.88. The molecule has 2 atom stereocenters. The molecule has 0 aromatic heterocycles. The van der Waals surface area contributed by atoms with Crippen LogP contribution in [0, 0.1) is 5.92 Å². The predicted octanol–water partition coefficient (Wildman–Crippen LogP) is 1.60. The fourth-order valence-corrected chi connectivity index (χ4v) is 3.41. The number of piperidine rings is 1. The topological polar surface area (TPSA) is 57.6 Å². The van der Waals surface area contributed by atoms with Gasteiger partial charge in [0.05, 0.1) is 12.4 Å². The normalized spacial score (nSPS) is 24.8. The van der Waals surface area contributed by atoms with Crippen molar-refractivity contribution in [3.05, 3.63) is 0 Å². The van der Waals surface area contributed by atoms with E-state index in [4.69, 9.17) is 0 Å². The first kappa shape index (κ1) is 14.9. The fourth-order valence-electron chi connectivity index (χ4n) is 2.47. The molecule has 0 amide bonds. The second kappa shape index (κ2) is 6.71. The van der Waals surface area contributed by atoms with Gasteiger partial charge in [0.1, 0.15) is 0 Å². The molecule has 1 rings (SSSR count). The summed E-state index contributed by atoms with van der Waals surface area (Å²) in [5.41, 5.74) is 0.